The summed E-state index contributed by atoms with van der Waals surface area (Å²) in [7, 11) is 0. The number of benzene rings is 2. The van der Waals surface area contributed by atoms with Crippen molar-refractivity contribution < 1.29 is 4.74 Å². The largest absolute Gasteiger partial charge is 0.457 e. The van der Waals surface area contributed by atoms with Gasteiger partial charge >= 0.3 is 0 Å². The van der Waals surface area contributed by atoms with Crippen LogP contribution in [-0.4, -0.2) is 0 Å². The zero-order valence-electron chi connectivity index (χ0n) is 10.0. The molecule has 2 aromatic carbocycles. The standard InChI is InChI=1S/C15H15ClO/c1-11-6-12(2)8-15(7-11)17-14-5-3-4-13(9-14)10-16/h3-9H,10H2,1-2H3. The van der Waals surface area contributed by atoms with E-state index in [4.69, 9.17) is 16.3 Å². The summed E-state index contributed by atoms with van der Waals surface area (Å²) in [6.07, 6.45) is 0. The van der Waals surface area contributed by atoms with E-state index >= 15 is 0 Å². The minimum atomic E-state index is 0.504. The molecule has 88 valence electrons. The Balaban J connectivity index is 2.24. The maximum absolute atomic E-state index is 5.82. The Hall–Kier alpha value is -1.47. The molecule has 0 bridgehead atoms. The van der Waals surface area contributed by atoms with Crippen LogP contribution in [-0.2, 0) is 5.88 Å². The third-order valence-corrected chi connectivity index (χ3v) is 2.79. The molecule has 1 nitrogen and oxygen atoms in total. The van der Waals surface area contributed by atoms with Crippen LogP contribution in [0.25, 0.3) is 0 Å². The molecule has 0 spiro atoms. The van der Waals surface area contributed by atoms with Crippen LogP contribution in [0.3, 0.4) is 0 Å². The molecule has 0 aromatic heterocycles. The van der Waals surface area contributed by atoms with Gasteiger partial charge in [-0.05, 0) is 54.8 Å². The lowest BCUT2D eigenvalue weighted by atomic mass is 10.1. The molecule has 0 aliphatic carbocycles. The summed E-state index contributed by atoms with van der Waals surface area (Å²) in [6.45, 7) is 4.13. The Morgan fingerprint density at radius 3 is 2.29 bits per heavy atom. The van der Waals surface area contributed by atoms with E-state index in [1.54, 1.807) is 0 Å². The number of hydrogen-bond acceptors (Lipinski definition) is 1. The van der Waals surface area contributed by atoms with Crippen molar-refractivity contribution in [2.75, 3.05) is 0 Å². The smallest absolute Gasteiger partial charge is 0.127 e. The van der Waals surface area contributed by atoms with Crippen LogP contribution in [0.2, 0.25) is 0 Å². The van der Waals surface area contributed by atoms with Crippen molar-refractivity contribution in [2.24, 2.45) is 0 Å². The number of rotatable bonds is 3. The van der Waals surface area contributed by atoms with Crippen LogP contribution < -0.4 is 4.74 Å². The number of aryl methyl sites for hydroxylation is 2. The first-order valence-corrected chi connectivity index (χ1v) is 6.12. The second-order valence-corrected chi connectivity index (χ2v) is 4.47. The van der Waals surface area contributed by atoms with Crippen molar-refractivity contribution in [3.05, 3.63) is 59.2 Å². The Morgan fingerprint density at radius 2 is 1.65 bits per heavy atom. The summed E-state index contributed by atoms with van der Waals surface area (Å²) in [4.78, 5) is 0. The molecule has 2 rings (SSSR count). The Labute approximate surface area is 107 Å². The Kier molecular flexibility index (Phi) is 3.70. The third-order valence-electron chi connectivity index (χ3n) is 2.48. The van der Waals surface area contributed by atoms with Crippen LogP contribution in [0.4, 0.5) is 0 Å². The van der Waals surface area contributed by atoms with Crippen LogP contribution in [0.15, 0.2) is 42.5 Å². The van der Waals surface area contributed by atoms with E-state index in [1.165, 1.54) is 11.1 Å². The van der Waals surface area contributed by atoms with Gasteiger partial charge in [0.25, 0.3) is 0 Å². The summed E-state index contributed by atoms with van der Waals surface area (Å²) in [5, 5.41) is 0. The van der Waals surface area contributed by atoms with Gasteiger partial charge in [-0.25, -0.2) is 0 Å². The van der Waals surface area contributed by atoms with Gasteiger partial charge < -0.3 is 4.74 Å². The van der Waals surface area contributed by atoms with Crippen LogP contribution in [0.1, 0.15) is 16.7 Å². The average Bonchev–Trinajstić information content (AvgIpc) is 2.28. The summed E-state index contributed by atoms with van der Waals surface area (Å²) in [5.41, 5.74) is 3.47. The zero-order valence-corrected chi connectivity index (χ0v) is 10.8. The molecule has 0 atom stereocenters. The van der Waals surface area contributed by atoms with Crippen molar-refractivity contribution in [1.82, 2.24) is 0 Å². The van der Waals surface area contributed by atoms with Crippen LogP contribution in [0.5, 0.6) is 11.5 Å². The fourth-order valence-electron chi connectivity index (χ4n) is 1.82. The number of ether oxygens (including phenoxy) is 1. The molecule has 0 amide bonds. The van der Waals surface area contributed by atoms with Crippen molar-refractivity contribution >= 4 is 11.6 Å². The first-order valence-electron chi connectivity index (χ1n) is 5.58. The van der Waals surface area contributed by atoms with Gasteiger partial charge in [-0.15, -0.1) is 11.6 Å². The van der Waals surface area contributed by atoms with Crippen molar-refractivity contribution in [3.63, 3.8) is 0 Å². The molecule has 0 N–H and O–H groups in total. The van der Waals surface area contributed by atoms with Gasteiger partial charge in [0.1, 0.15) is 11.5 Å². The minimum absolute atomic E-state index is 0.504. The fraction of sp³-hybridized carbons (Fsp3) is 0.200. The van der Waals surface area contributed by atoms with E-state index in [0.29, 0.717) is 5.88 Å². The van der Waals surface area contributed by atoms with Gasteiger partial charge in [0.05, 0.1) is 0 Å². The van der Waals surface area contributed by atoms with E-state index in [2.05, 4.69) is 19.9 Å². The lowest BCUT2D eigenvalue weighted by Gasteiger charge is -2.08. The molecule has 0 heterocycles. The summed E-state index contributed by atoms with van der Waals surface area (Å²) < 4.78 is 5.82. The predicted molar refractivity (Wildman–Crippen MR) is 72.0 cm³/mol. The molecular weight excluding hydrogens is 232 g/mol. The van der Waals surface area contributed by atoms with E-state index < -0.39 is 0 Å². The molecular formula is C15H15ClO. The Morgan fingerprint density at radius 1 is 0.941 bits per heavy atom. The van der Waals surface area contributed by atoms with E-state index in [1.807, 2.05) is 36.4 Å². The fourth-order valence-corrected chi connectivity index (χ4v) is 1.99. The number of hydrogen-bond donors (Lipinski definition) is 0. The van der Waals surface area contributed by atoms with Crippen molar-refractivity contribution in [2.45, 2.75) is 19.7 Å². The molecule has 2 aromatic rings. The molecule has 0 aliphatic rings. The van der Waals surface area contributed by atoms with Crippen molar-refractivity contribution in [1.29, 1.82) is 0 Å². The van der Waals surface area contributed by atoms with Gasteiger partial charge in [-0.3, -0.25) is 0 Å². The number of halogens is 1. The topological polar surface area (TPSA) is 9.23 Å². The zero-order chi connectivity index (χ0) is 12.3. The molecule has 17 heavy (non-hydrogen) atoms. The summed E-state index contributed by atoms with van der Waals surface area (Å²) in [5.74, 6) is 2.20. The van der Waals surface area contributed by atoms with Gasteiger partial charge in [0.2, 0.25) is 0 Å². The summed E-state index contributed by atoms with van der Waals surface area (Å²) in [6, 6.07) is 14.0. The minimum Gasteiger partial charge on any atom is -0.457 e. The lowest BCUT2D eigenvalue weighted by Crippen LogP contribution is -1.87. The second kappa shape index (κ2) is 5.24. The van der Waals surface area contributed by atoms with Gasteiger partial charge in [-0.2, -0.15) is 0 Å². The number of alkyl halides is 1. The third kappa shape index (κ3) is 3.24. The molecule has 0 unspecified atom stereocenters. The van der Waals surface area contributed by atoms with Gasteiger partial charge in [0, 0.05) is 5.88 Å². The normalized spacial score (nSPS) is 10.3. The lowest BCUT2D eigenvalue weighted by molar-refractivity contribution is 0.481. The summed E-state index contributed by atoms with van der Waals surface area (Å²) >= 11 is 5.80. The van der Waals surface area contributed by atoms with Gasteiger partial charge in [-0.1, -0.05) is 18.2 Å². The SMILES string of the molecule is Cc1cc(C)cc(Oc2cccc(CCl)c2)c1. The Bertz CT molecular complexity index is 500. The highest BCUT2D eigenvalue weighted by Crippen LogP contribution is 2.24. The molecule has 0 aliphatic heterocycles. The molecule has 0 saturated carbocycles. The van der Waals surface area contributed by atoms with Crippen molar-refractivity contribution in [3.8, 4) is 11.5 Å². The van der Waals surface area contributed by atoms with Crippen LogP contribution in [0, 0.1) is 13.8 Å². The first kappa shape index (κ1) is 12.0. The predicted octanol–water partition coefficient (Wildman–Crippen LogP) is 4.83. The highest BCUT2D eigenvalue weighted by molar-refractivity contribution is 6.17. The highest BCUT2D eigenvalue weighted by Gasteiger charge is 2.00. The van der Waals surface area contributed by atoms with Crippen LogP contribution >= 0.6 is 11.6 Å². The molecule has 0 fully saturated rings. The molecule has 2 heteroatoms. The van der Waals surface area contributed by atoms with E-state index in [-0.39, 0.29) is 0 Å². The maximum atomic E-state index is 5.82. The molecule has 0 saturated heterocycles. The first-order chi connectivity index (χ1) is 8.17. The monoisotopic (exact) mass is 246 g/mol. The molecule has 0 radical (unpaired) electrons. The van der Waals surface area contributed by atoms with E-state index in [9.17, 15) is 0 Å². The van der Waals surface area contributed by atoms with E-state index in [0.717, 1.165) is 17.1 Å². The van der Waals surface area contributed by atoms with Gasteiger partial charge in [0.15, 0.2) is 0 Å². The highest BCUT2D eigenvalue weighted by atomic mass is 35.5. The maximum Gasteiger partial charge on any atom is 0.127 e. The quantitative estimate of drug-likeness (QED) is 0.705. The average molecular weight is 247 g/mol. The second-order valence-electron chi connectivity index (χ2n) is 4.21.